The Labute approximate surface area is 103 Å². The van der Waals surface area contributed by atoms with Crippen LogP contribution in [0.5, 0.6) is 5.88 Å². The molecule has 1 aromatic heterocycles. The Balaban J connectivity index is 1.92. The number of ether oxygens (including phenoxy) is 1. The normalized spacial score (nSPS) is 19.2. The number of rotatable bonds is 3. The van der Waals surface area contributed by atoms with Crippen LogP contribution in [0.2, 0.25) is 0 Å². The van der Waals surface area contributed by atoms with Crippen LogP contribution in [0.4, 0.5) is 0 Å². The number of halogens is 1. The lowest BCUT2D eigenvalue weighted by Crippen LogP contribution is -2.12. The maximum Gasteiger partial charge on any atom is 0.213 e. The van der Waals surface area contributed by atoms with Crippen molar-refractivity contribution in [2.45, 2.75) is 26.4 Å². The standard InChI is InChI=1S/C11H13BrN2O2/c1-7-3-11(13-5-10(7)12)15-6-9-4-8(2)16-14-9/h3,5,8H,4,6H2,1-2H3. The molecule has 4 nitrogen and oxygen atoms in total. The van der Waals surface area contributed by atoms with Crippen LogP contribution in [-0.4, -0.2) is 23.4 Å². The van der Waals surface area contributed by atoms with E-state index in [1.165, 1.54) is 0 Å². The Morgan fingerprint density at radius 1 is 1.62 bits per heavy atom. The summed E-state index contributed by atoms with van der Waals surface area (Å²) in [7, 11) is 0. The Kier molecular flexibility index (Phi) is 3.43. The van der Waals surface area contributed by atoms with Gasteiger partial charge < -0.3 is 9.57 Å². The predicted molar refractivity (Wildman–Crippen MR) is 64.8 cm³/mol. The van der Waals surface area contributed by atoms with Crippen molar-refractivity contribution in [1.82, 2.24) is 4.98 Å². The summed E-state index contributed by atoms with van der Waals surface area (Å²) in [6.45, 7) is 4.42. The van der Waals surface area contributed by atoms with Gasteiger partial charge in [-0.1, -0.05) is 5.16 Å². The van der Waals surface area contributed by atoms with Crippen molar-refractivity contribution in [3.8, 4) is 5.88 Å². The maximum atomic E-state index is 5.53. The van der Waals surface area contributed by atoms with Crippen LogP contribution < -0.4 is 4.74 Å². The number of pyridine rings is 1. The zero-order chi connectivity index (χ0) is 11.5. The first kappa shape index (κ1) is 11.4. The molecule has 1 atom stereocenters. The second-order valence-electron chi connectivity index (χ2n) is 3.84. The molecule has 0 N–H and O–H groups in total. The molecule has 0 aromatic carbocycles. The van der Waals surface area contributed by atoms with Crippen molar-refractivity contribution >= 4 is 21.6 Å². The summed E-state index contributed by atoms with van der Waals surface area (Å²) < 4.78 is 6.51. The summed E-state index contributed by atoms with van der Waals surface area (Å²) in [4.78, 5) is 9.23. The molecule has 0 saturated heterocycles. The van der Waals surface area contributed by atoms with Gasteiger partial charge in [-0.05, 0) is 35.3 Å². The highest BCUT2D eigenvalue weighted by atomic mass is 79.9. The molecule has 2 rings (SSSR count). The summed E-state index contributed by atoms with van der Waals surface area (Å²) in [6, 6.07) is 1.89. The SMILES string of the molecule is Cc1cc(OCC2=NOC(C)C2)ncc1Br. The number of aromatic nitrogens is 1. The monoisotopic (exact) mass is 284 g/mol. The molecule has 5 heteroatoms. The van der Waals surface area contributed by atoms with Gasteiger partial charge in [-0.2, -0.15) is 0 Å². The molecule has 0 amide bonds. The number of aryl methyl sites for hydroxylation is 1. The van der Waals surface area contributed by atoms with Crippen molar-refractivity contribution < 1.29 is 9.57 Å². The molecular weight excluding hydrogens is 272 g/mol. The van der Waals surface area contributed by atoms with E-state index in [0.717, 1.165) is 22.2 Å². The lowest BCUT2D eigenvalue weighted by molar-refractivity contribution is 0.0994. The molecule has 1 aliphatic heterocycles. The van der Waals surface area contributed by atoms with E-state index in [1.54, 1.807) is 6.20 Å². The van der Waals surface area contributed by atoms with Crippen molar-refractivity contribution in [2.24, 2.45) is 5.16 Å². The highest BCUT2D eigenvalue weighted by Gasteiger charge is 2.16. The van der Waals surface area contributed by atoms with E-state index in [-0.39, 0.29) is 6.10 Å². The highest BCUT2D eigenvalue weighted by Crippen LogP contribution is 2.19. The molecule has 16 heavy (non-hydrogen) atoms. The fourth-order valence-corrected chi connectivity index (χ4v) is 1.62. The summed E-state index contributed by atoms with van der Waals surface area (Å²) in [6.07, 6.45) is 2.73. The van der Waals surface area contributed by atoms with E-state index < -0.39 is 0 Å². The van der Waals surface area contributed by atoms with E-state index >= 15 is 0 Å². The van der Waals surface area contributed by atoms with Gasteiger partial charge in [-0.25, -0.2) is 4.98 Å². The first-order chi connectivity index (χ1) is 7.65. The zero-order valence-electron chi connectivity index (χ0n) is 9.24. The van der Waals surface area contributed by atoms with E-state index in [1.807, 2.05) is 19.9 Å². The summed E-state index contributed by atoms with van der Waals surface area (Å²) in [5, 5.41) is 3.93. The van der Waals surface area contributed by atoms with Crippen LogP contribution in [0.25, 0.3) is 0 Å². The van der Waals surface area contributed by atoms with Crippen LogP contribution in [0.3, 0.4) is 0 Å². The van der Waals surface area contributed by atoms with E-state index in [0.29, 0.717) is 12.5 Å². The third-order valence-electron chi connectivity index (χ3n) is 2.29. The van der Waals surface area contributed by atoms with Gasteiger partial charge in [0.05, 0.1) is 5.71 Å². The zero-order valence-corrected chi connectivity index (χ0v) is 10.8. The smallest absolute Gasteiger partial charge is 0.213 e. The van der Waals surface area contributed by atoms with E-state index in [4.69, 9.17) is 9.57 Å². The summed E-state index contributed by atoms with van der Waals surface area (Å²) >= 11 is 3.39. The minimum Gasteiger partial charge on any atom is -0.471 e. The van der Waals surface area contributed by atoms with Crippen molar-refractivity contribution in [1.29, 1.82) is 0 Å². The van der Waals surface area contributed by atoms with Crippen molar-refractivity contribution in [3.05, 3.63) is 22.3 Å². The first-order valence-corrected chi connectivity index (χ1v) is 5.91. The van der Waals surface area contributed by atoms with Gasteiger partial charge in [-0.15, -0.1) is 0 Å². The van der Waals surface area contributed by atoms with E-state index in [2.05, 4.69) is 26.1 Å². The Bertz CT molecular complexity index is 420. The molecule has 1 unspecified atom stereocenters. The molecule has 0 saturated carbocycles. The van der Waals surface area contributed by atoms with Gasteiger partial charge in [0.15, 0.2) is 0 Å². The fraction of sp³-hybridized carbons (Fsp3) is 0.455. The van der Waals surface area contributed by atoms with Crippen molar-refractivity contribution in [2.75, 3.05) is 6.61 Å². The summed E-state index contributed by atoms with van der Waals surface area (Å²) in [5.74, 6) is 0.614. The second kappa shape index (κ2) is 4.82. The number of nitrogens with zero attached hydrogens (tertiary/aromatic N) is 2. The highest BCUT2D eigenvalue weighted by molar-refractivity contribution is 9.10. The molecule has 0 radical (unpaired) electrons. The molecular formula is C11H13BrN2O2. The summed E-state index contributed by atoms with van der Waals surface area (Å²) in [5.41, 5.74) is 2.03. The average Bonchev–Trinajstić information content (AvgIpc) is 2.66. The molecule has 0 bridgehead atoms. The Morgan fingerprint density at radius 2 is 2.44 bits per heavy atom. The maximum absolute atomic E-state index is 5.53. The van der Waals surface area contributed by atoms with Crippen LogP contribution in [-0.2, 0) is 4.84 Å². The lowest BCUT2D eigenvalue weighted by atomic mass is 10.2. The largest absolute Gasteiger partial charge is 0.471 e. The van der Waals surface area contributed by atoms with Gasteiger partial charge in [-0.3, -0.25) is 0 Å². The van der Waals surface area contributed by atoms with Crippen LogP contribution in [0.15, 0.2) is 21.9 Å². The molecule has 1 aliphatic rings. The van der Waals surface area contributed by atoms with E-state index in [9.17, 15) is 0 Å². The number of oxime groups is 1. The Morgan fingerprint density at radius 3 is 3.06 bits per heavy atom. The molecule has 0 spiro atoms. The predicted octanol–water partition coefficient (Wildman–Crippen LogP) is 2.70. The molecule has 0 aliphatic carbocycles. The first-order valence-electron chi connectivity index (χ1n) is 5.11. The number of hydrogen-bond donors (Lipinski definition) is 0. The van der Waals surface area contributed by atoms with Gasteiger partial charge in [0.25, 0.3) is 0 Å². The minimum absolute atomic E-state index is 0.165. The second-order valence-corrected chi connectivity index (χ2v) is 4.69. The fourth-order valence-electron chi connectivity index (χ4n) is 1.41. The van der Waals surface area contributed by atoms with Gasteiger partial charge in [0.1, 0.15) is 12.7 Å². The Hall–Kier alpha value is -1.10. The third-order valence-corrected chi connectivity index (χ3v) is 3.12. The number of hydrogen-bond acceptors (Lipinski definition) is 4. The third kappa shape index (κ3) is 2.72. The van der Waals surface area contributed by atoms with Crippen LogP contribution in [0, 0.1) is 6.92 Å². The van der Waals surface area contributed by atoms with Gasteiger partial charge in [0, 0.05) is 23.2 Å². The lowest BCUT2D eigenvalue weighted by Gasteiger charge is -2.05. The topological polar surface area (TPSA) is 43.7 Å². The quantitative estimate of drug-likeness (QED) is 0.857. The molecule has 2 heterocycles. The minimum atomic E-state index is 0.165. The average molecular weight is 285 g/mol. The van der Waals surface area contributed by atoms with Gasteiger partial charge in [0.2, 0.25) is 5.88 Å². The van der Waals surface area contributed by atoms with Crippen LogP contribution in [0.1, 0.15) is 18.9 Å². The molecule has 0 fully saturated rings. The van der Waals surface area contributed by atoms with Crippen LogP contribution >= 0.6 is 15.9 Å². The van der Waals surface area contributed by atoms with Crippen molar-refractivity contribution in [3.63, 3.8) is 0 Å². The molecule has 86 valence electrons. The molecule has 1 aromatic rings. The van der Waals surface area contributed by atoms with Gasteiger partial charge >= 0.3 is 0 Å².